The normalized spacial score (nSPS) is 11.4. The highest BCUT2D eigenvalue weighted by Gasteiger charge is 2.38. The number of anilines is 1. The summed E-state index contributed by atoms with van der Waals surface area (Å²) in [5.74, 6) is 0. The van der Waals surface area contributed by atoms with Gasteiger partial charge in [-0.2, -0.15) is 13.2 Å². The van der Waals surface area contributed by atoms with E-state index in [2.05, 4.69) is 0 Å². The quantitative estimate of drug-likeness (QED) is 0.662. The average Bonchev–Trinajstić information content (AvgIpc) is 2.34. The van der Waals surface area contributed by atoms with Crippen LogP contribution in [0.1, 0.15) is 12.5 Å². The minimum Gasteiger partial charge on any atom is -0.371 e. The van der Waals surface area contributed by atoms with Crippen LogP contribution < -0.4 is 10.6 Å². The van der Waals surface area contributed by atoms with Gasteiger partial charge in [-0.25, -0.2) is 0 Å². The van der Waals surface area contributed by atoms with E-state index in [1.54, 1.807) is 11.8 Å². The summed E-state index contributed by atoms with van der Waals surface area (Å²) in [5, 5.41) is 10.6. The molecule has 1 aromatic carbocycles. The second-order valence-corrected chi connectivity index (χ2v) is 3.82. The largest absolute Gasteiger partial charge is 0.423 e. The van der Waals surface area contributed by atoms with E-state index in [4.69, 9.17) is 5.73 Å². The van der Waals surface area contributed by atoms with Gasteiger partial charge in [0.05, 0.1) is 4.92 Å². The molecule has 0 bridgehead atoms. The van der Waals surface area contributed by atoms with Gasteiger partial charge >= 0.3 is 6.18 Å². The van der Waals surface area contributed by atoms with Crippen LogP contribution in [0.25, 0.3) is 0 Å². The molecule has 0 heterocycles. The first-order valence-electron chi connectivity index (χ1n) is 5.62. The van der Waals surface area contributed by atoms with Gasteiger partial charge < -0.3 is 10.6 Å². The van der Waals surface area contributed by atoms with Crippen molar-refractivity contribution in [2.24, 2.45) is 5.73 Å². The van der Waals surface area contributed by atoms with Crippen LogP contribution in [-0.2, 0) is 6.18 Å². The molecule has 0 radical (unpaired) electrons. The Kier molecular flexibility index (Phi) is 4.71. The molecular weight excluding hydrogens is 263 g/mol. The Hall–Kier alpha value is -1.83. The molecule has 0 aliphatic heterocycles. The summed E-state index contributed by atoms with van der Waals surface area (Å²) in [4.78, 5) is 11.2. The van der Waals surface area contributed by atoms with Crippen LogP contribution in [0.5, 0.6) is 0 Å². The maximum absolute atomic E-state index is 12.8. The molecule has 106 valence electrons. The van der Waals surface area contributed by atoms with Gasteiger partial charge in [0, 0.05) is 31.4 Å². The summed E-state index contributed by atoms with van der Waals surface area (Å²) in [6, 6.07) is 2.96. The van der Waals surface area contributed by atoms with Crippen LogP contribution in [-0.4, -0.2) is 24.6 Å². The molecular formula is C11H14F3N3O2. The van der Waals surface area contributed by atoms with E-state index < -0.39 is 22.4 Å². The molecule has 8 heteroatoms. The monoisotopic (exact) mass is 277 g/mol. The van der Waals surface area contributed by atoms with Crippen LogP contribution in [0.4, 0.5) is 24.5 Å². The van der Waals surface area contributed by atoms with E-state index in [-0.39, 0.29) is 12.2 Å². The molecule has 0 saturated heterocycles. The fraction of sp³-hybridized carbons (Fsp3) is 0.455. The smallest absolute Gasteiger partial charge is 0.371 e. The van der Waals surface area contributed by atoms with Gasteiger partial charge in [0.15, 0.2) is 0 Å². The summed E-state index contributed by atoms with van der Waals surface area (Å²) < 4.78 is 38.4. The number of nitrogens with zero attached hydrogens (tertiary/aromatic N) is 2. The number of nitro benzene ring substituents is 1. The minimum absolute atomic E-state index is 0.269. The van der Waals surface area contributed by atoms with E-state index in [1.165, 1.54) is 6.07 Å². The van der Waals surface area contributed by atoms with Crippen LogP contribution in [0.3, 0.4) is 0 Å². The number of hydrogen-bond donors (Lipinski definition) is 1. The first kappa shape index (κ1) is 15.2. The lowest BCUT2D eigenvalue weighted by molar-refractivity contribution is -0.388. The third-order valence-corrected chi connectivity index (χ3v) is 2.63. The summed E-state index contributed by atoms with van der Waals surface area (Å²) in [7, 11) is 0. The molecule has 0 aliphatic rings. The Labute approximate surface area is 108 Å². The Bertz CT molecular complexity index is 463. The van der Waals surface area contributed by atoms with Crippen molar-refractivity contribution in [3.63, 3.8) is 0 Å². The van der Waals surface area contributed by atoms with Crippen molar-refractivity contribution in [1.29, 1.82) is 0 Å². The minimum atomic E-state index is -4.76. The Balaban J connectivity index is 3.29. The van der Waals surface area contributed by atoms with Gasteiger partial charge in [-0.05, 0) is 19.1 Å². The number of benzene rings is 1. The molecule has 0 amide bonds. The van der Waals surface area contributed by atoms with Gasteiger partial charge in [0.25, 0.3) is 5.69 Å². The fourth-order valence-electron chi connectivity index (χ4n) is 1.73. The molecule has 1 aromatic rings. The third kappa shape index (κ3) is 3.57. The van der Waals surface area contributed by atoms with Gasteiger partial charge in [0.2, 0.25) is 0 Å². The SMILES string of the molecule is CCN(CCN)c1ccc([N+](=O)[O-])c(C(F)(F)F)c1. The third-order valence-electron chi connectivity index (χ3n) is 2.63. The van der Waals surface area contributed by atoms with Gasteiger partial charge in [0.1, 0.15) is 5.56 Å². The van der Waals surface area contributed by atoms with Crippen LogP contribution in [0.2, 0.25) is 0 Å². The van der Waals surface area contributed by atoms with E-state index in [1.807, 2.05) is 0 Å². The molecule has 0 aromatic heterocycles. The topological polar surface area (TPSA) is 72.4 Å². The highest BCUT2D eigenvalue weighted by atomic mass is 19.4. The molecule has 19 heavy (non-hydrogen) atoms. The van der Waals surface area contributed by atoms with Crippen molar-refractivity contribution in [3.05, 3.63) is 33.9 Å². The standard InChI is InChI=1S/C11H14F3N3O2/c1-2-16(6-5-15)8-3-4-10(17(18)19)9(7-8)11(12,13)14/h3-4,7H,2,5-6,15H2,1H3. The highest BCUT2D eigenvalue weighted by Crippen LogP contribution is 2.38. The Morgan fingerprint density at radius 1 is 1.42 bits per heavy atom. The van der Waals surface area contributed by atoms with E-state index >= 15 is 0 Å². The summed E-state index contributed by atoms with van der Waals surface area (Å²) >= 11 is 0. The molecule has 0 spiro atoms. The maximum Gasteiger partial charge on any atom is 0.423 e. The molecule has 0 unspecified atom stereocenters. The van der Waals surface area contributed by atoms with Gasteiger partial charge in [-0.15, -0.1) is 0 Å². The lowest BCUT2D eigenvalue weighted by Crippen LogP contribution is -2.29. The second kappa shape index (κ2) is 5.87. The molecule has 0 atom stereocenters. The number of nitro groups is 1. The molecule has 1 rings (SSSR count). The first-order chi connectivity index (χ1) is 8.81. The fourth-order valence-corrected chi connectivity index (χ4v) is 1.73. The highest BCUT2D eigenvalue weighted by molar-refractivity contribution is 5.56. The number of halogens is 3. The second-order valence-electron chi connectivity index (χ2n) is 3.82. The van der Waals surface area contributed by atoms with Crippen molar-refractivity contribution in [2.45, 2.75) is 13.1 Å². The average molecular weight is 277 g/mol. The first-order valence-corrected chi connectivity index (χ1v) is 5.62. The van der Waals surface area contributed by atoms with E-state index in [0.29, 0.717) is 13.1 Å². The van der Waals surface area contributed by atoms with E-state index in [0.717, 1.165) is 12.1 Å². The predicted molar refractivity (Wildman–Crippen MR) is 65.0 cm³/mol. The zero-order valence-electron chi connectivity index (χ0n) is 10.3. The molecule has 5 nitrogen and oxygen atoms in total. The van der Waals surface area contributed by atoms with Crippen LogP contribution >= 0.6 is 0 Å². The summed E-state index contributed by atoms with van der Waals surface area (Å²) in [5.41, 5.74) is 3.45. The molecule has 0 saturated carbocycles. The lowest BCUT2D eigenvalue weighted by Gasteiger charge is -2.23. The van der Waals surface area contributed by atoms with Crippen molar-refractivity contribution in [1.82, 2.24) is 0 Å². The van der Waals surface area contributed by atoms with Gasteiger partial charge in [-0.1, -0.05) is 0 Å². The van der Waals surface area contributed by atoms with Crippen LogP contribution in [0, 0.1) is 10.1 Å². The summed E-state index contributed by atoms with van der Waals surface area (Å²) in [6.07, 6.45) is -4.76. The number of nitrogens with two attached hydrogens (primary N) is 1. The van der Waals surface area contributed by atoms with Crippen molar-refractivity contribution in [2.75, 3.05) is 24.5 Å². The number of rotatable bonds is 5. The van der Waals surface area contributed by atoms with Crippen molar-refractivity contribution in [3.8, 4) is 0 Å². The molecule has 0 fully saturated rings. The molecule has 0 aliphatic carbocycles. The van der Waals surface area contributed by atoms with Gasteiger partial charge in [-0.3, -0.25) is 10.1 Å². The Morgan fingerprint density at radius 3 is 2.47 bits per heavy atom. The van der Waals surface area contributed by atoms with Crippen molar-refractivity contribution >= 4 is 11.4 Å². The van der Waals surface area contributed by atoms with E-state index in [9.17, 15) is 23.3 Å². The zero-order valence-corrected chi connectivity index (χ0v) is 10.3. The van der Waals surface area contributed by atoms with Crippen molar-refractivity contribution < 1.29 is 18.1 Å². The van der Waals surface area contributed by atoms with Crippen LogP contribution in [0.15, 0.2) is 18.2 Å². The molecule has 2 N–H and O–H groups in total. The lowest BCUT2D eigenvalue weighted by atomic mass is 10.1. The maximum atomic E-state index is 12.8. The predicted octanol–water partition coefficient (Wildman–Crippen LogP) is 2.40. The number of likely N-dealkylation sites (N-methyl/N-ethyl adjacent to an activating group) is 1. The summed E-state index contributed by atoms with van der Waals surface area (Å²) in [6.45, 7) is 2.90. The zero-order chi connectivity index (χ0) is 14.6. The number of alkyl halides is 3. The number of hydrogen-bond acceptors (Lipinski definition) is 4. The Morgan fingerprint density at radius 2 is 2.05 bits per heavy atom.